The number of nitrogens with zero attached hydrogens (tertiary/aromatic N) is 2. The Balaban J connectivity index is 2.08. The number of hydrogen-bond donors (Lipinski definition) is 2. The first kappa shape index (κ1) is 18.0. The van der Waals surface area contributed by atoms with E-state index in [4.69, 9.17) is 17.3 Å². The zero-order chi connectivity index (χ0) is 17.4. The molecule has 0 aromatic carbocycles. The van der Waals surface area contributed by atoms with E-state index in [-0.39, 0.29) is 12.4 Å². The minimum absolute atomic E-state index is 0.214. The number of carbonyl (C=O) groups excluding carboxylic acids is 1. The standard InChI is InChI=1S/C13H14ClF3N4OS/c1-12(2,18)11-20-5-8(23-11)10(22)21-9-3-6(13(15,16)17)7(14)4-19-9/h3-4,8H,5,18H2,1-2H3,(H,19,21,22). The zero-order valence-corrected chi connectivity index (χ0v) is 13.8. The molecule has 0 fully saturated rings. The number of halogens is 4. The fourth-order valence-electron chi connectivity index (χ4n) is 1.80. The topological polar surface area (TPSA) is 80.4 Å². The van der Waals surface area contributed by atoms with Crippen molar-refractivity contribution in [2.45, 2.75) is 30.8 Å². The molecular weight excluding hydrogens is 353 g/mol. The Morgan fingerprint density at radius 2 is 2.13 bits per heavy atom. The molecule has 2 heterocycles. The molecule has 5 nitrogen and oxygen atoms in total. The van der Waals surface area contributed by atoms with Crippen LogP contribution in [0, 0.1) is 0 Å². The van der Waals surface area contributed by atoms with Gasteiger partial charge in [-0.3, -0.25) is 9.79 Å². The van der Waals surface area contributed by atoms with E-state index in [1.54, 1.807) is 13.8 Å². The van der Waals surface area contributed by atoms with Crippen LogP contribution in [0.1, 0.15) is 19.4 Å². The Bertz CT molecular complexity index is 658. The van der Waals surface area contributed by atoms with Crippen molar-refractivity contribution in [3.63, 3.8) is 0 Å². The van der Waals surface area contributed by atoms with Crippen molar-refractivity contribution in [3.8, 4) is 0 Å². The molecule has 1 aliphatic heterocycles. The lowest BCUT2D eigenvalue weighted by molar-refractivity contribution is -0.137. The van der Waals surface area contributed by atoms with Crippen LogP contribution in [-0.4, -0.2) is 33.3 Å². The number of amides is 1. The van der Waals surface area contributed by atoms with Crippen molar-refractivity contribution in [2.24, 2.45) is 10.7 Å². The monoisotopic (exact) mass is 366 g/mol. The van der Waals surface area contributed by atoms with Gasteiger partial charge < -0.3 is 11.1 Å². The van der Waals surface area contributed by atoms with Crippen LogP contribution in [0.3, 0.4) is 0 Å². The first-order valence-electron chi connectivity index (χ1n) is 6.52. The molecule has 0 saturated carbocycles. The average molecular weight is 367 g/mol. The van der Waals surface area contributed by atoms with Crippen LogP contribution in [-0.2, 0) is 11.0 Å². The highest BCUT2D eigenvalue weighted by Gasteiger charge is 2.35. The predicted molar refractivity (Wildman–Crippen MR) is 84.8 cm³/mol. The highest BCUT2D eigenvalue weighted by Crippen LogP contribution is 2.35. The van der Waals surface area contributed by atoms with E-state index in [9.17, 15) is 18.0 Å². The number of aliphatic imine (C=N–C) groups is 1. The Kier molecular flexibility index (Phi) is 4.93. The van der Waals surface area contributed by atoms with Gasteiger partial charge >= 0.3 is 6.18 Å². The van der Waals surface area contributed by atoms with Crippen LogP contribution in [0.5, 0.6) is 0 Å². The van der Waals surface area contributed by atoms with Gasteiger partial charge in [-0.15, -0.1) is 0 Å². The molecule has 1 atom stereocenters. The number of anilines is 1. The van der Waals surface area contributed by atoms with Crippen molar-refractivity contribution in [2.75, 3.05) is 11.9 Å². The van der Waals surface area contributed by atoms with Crippen molar-refractivity contribution in [1.82, 2.24) is 4.98 Å². The number of carbonyl (C=O) groups is 1. The van der Waals surface area contributed by atoms with Crippen LogP contribution in [0.15, 0.2) is 17.3 Å². The number of nitrogens with two attached hydrogens (primary N) is 1. The van der Waals surface area contributed by atoms with Crippen molar-refractivity contribution in [1.29, 1.82) is 0 Å². The first-order valence-corrected chi connectivity index (χ1v) is 7.78. The van der Waals surface area contributed by atoms with Crippen molar-refractivity contribution >= 4 is 40.1 Å². The van der Waals surface area contributed by atoms with Crippen LogP contribution >= 0.6 is 23.4 Å². The van der Waals surface area contributed by atoms with E-state index < -0.39 is 33.5 Å². The number of rotatable bonds is 3. The Hall–Kier alpha value is -1.32. The molecule has 0 bridgehead atoms. The summed E-state index contributed by atoms with van der Waals surface area (Å²) in [6.07, 6.45) is -3.77. The first-order chi connectivity index (χ1) is 10.5. The highest BCUT2D eigenvalue weighted by molar-refractivity contribution is 8.15. The summed E-state index contributed by atoms with van der Waals surface area (Å²) in [5.41, 5.74) is 4.19. The molecule has 1 aromatic rings. The molecule has 1 aromatic heterocycles. The fourth-order valence-corrected chi connectivity index (χ4v) is 3.05. The second-order valence-electron chi connectivity index (χ2n) is 5.51. The van der Waals surface area contributed by atoms with Gasteiger partial charge in [0.2, 0.25) is 5.91 Å². The Morgan fingerprint density at radius 3 is 2.65 bits per heavy atom. The van der Waals surface area contributed by atoms with E-state index in [0.717, 1.165) is 6.20 Å². The number of thioether (sulfide) groups is 1. The number of alkyl halides is 3. The van der Waals surface area contributed by atoms with E-state index in [2.05, 4.69) is 15.3 Å². The van der Waals surface area contributed by atoms with Crippen molar-refractivity contribution in [3.05, 3.63) is 22.8 Å². The molecule has 1 unspecified atom stereocenters. The third-order valence-corrected chi connectivity index (χ3v) is 4.74. The van der Waals surface area contributed by atoms with Gasteiger partial charge in [0.25, 0.3) is 0 Å². The molecule has 126 valence electrons. The molecule has 1 aliphatic rings. The molecule has 2 rings (SSSR count). The largest absolute Gasteiger partial charge is 0.418 e. The van der Waals surface area contributed by atoms with Crippen LogP contribution in [0.2, 0.25) is 5.02 Å². The number of pyridine rings is 1. The summed E-state index contributed by atoms with van der Waals surface area (Å²) in [5.74, 6) is -0.700. The smallest absolute Gasteiger partial charge is 0.320 e. The third kappa shape index (κ3) is 4.36. The van der Waals surface area contributed by atoms with Gasteiger partial charge in [-0.05, 0) is 19.9 Å². The average Bonchev–Trinajstić information content (AvgIpc) is 2.89. The SMILES string of the molecule is CC(C)(N)C1=NCC(C(=O)Nc2cc(C(F)(F)F)c(Cl)cn2)S1. The lowest BCUT2D eigenvalue weighted by Gasteiger charge is -2.18. The molecule has 3 N–H and O–H groups in total. The maximum Gasteiger partial charge on any atom is 0.418 e. The number of nitrogens with one attached hydrogen (secondary N) is 1. The summed E-state index contributed by atoms with van der Waals surface area (Å²) in [5, 5.41) is 1.89. The molecule has 0 saturated heterocycles. The molecule has 0 radical (unpaired) electrons. The van der Waals surface area contributed by atoms with Gasteiger partial charge in [-0.1, -0.05) is 23.4 Å². The van der Waals surface area contributed by atoms with Gasteiger partial charge in [0.05, 0.1) is 27.7 Å². The summed E-state index contributed by atoms with van der Waals surface area (Å²) < 4.78 is 38.4. The molecule has 23 heavy (non-hydrogen) atoms. The molecule has 0 spiro atoms. The molecule has 10 heteroatoms. The second-order valence-corrected chi connectivity index (χ2v) is 7.11. The summed E-state index contributed by atoms with van der Waals surface area (Å²) in [4.78, 5) is 20.0. The van der Waals surface area contributed by atoms with Crippen LogP contribution < -0.4 is 11.1 Å². The number of aromatic nitrogens is 1. The molecule has 0 aliphatic carbocycles. The number of hydrogen-bond acceptors (Lipinski definition) is 5. The van der Waals surface area contributed by atoms with E-state index in [1.165, 1.54) is 11.8 Å². The maximum atomic E-state index is 12.8. The van der Waals surface area contributed by atoms with Gasteiger partial charge in [-0.2, -0.15) is 13.2 Å². The van der Waals surface area contributed by atoms with Gasteiger partial charge in [0.15, 0.2) is 0 Å². The van der Waals surface area contributed by atoms with Crippen LogP contribution in [0.25, 0.3) is 0 Å². The lowest BCUT2D eigenvalue weighted by atomic mass is 10.1. The Morgan fingerprint density at radius 1 is 1.48 bits per heavy atom. The fraction of sp³-hybridized carbons (Fsp3) is 0.462. The summed E-state index contributed by atoms with van der Waals surface area (Å²) >= 11 is 6.68. The molecular formula is C13H14ClF3N4OS. The second kappa shape index (κ2) is 6.29. The Labute approximate surface area is 139 Å². The minimum Gasteiger partial charge on any atom is -0.320 e. The molecule has 1 amide bonds. The predicted octanol–water partition coefficient (Wildman–Crippen LogP) is 2.94. The highest BCUT2D eigenvalue weighted by atomic mass is 35.5. The van der Waals surface area contributed by atoms with Gasteiger partial charge in [0, 0.05) is 6.20 Å². The minimum atomic E-state index is -4.62. The normalized spacial score (nSPS) is 18.7. The third-order valence-electron chi connectivity index (χ3n) is 2.91. The summed E-state index contributed by atoms with van der Waals surface area (Å²) in [6.45, 7) is 3.73. The van der Waals surface area contributed by atoms with Gasteiger partial charge in [0.1, 0.15) is 11.1 Å². The van der Waals surface area contributed by atoms with Crippen LogP contribution in [0.4, 0.5) is 19.0 Å². The maximum absolute atomic E-state index is 12.8. The van der Waals surface area contributed by atoms with Crippen molar-refractivity contribution < 1.29 is 18.0 Å². The quantitative estimate of drug-likeness (QED) is 0.861. The summed E-state index contributed by atoms with van der Waals surface area (Å²) in [7, 11) is 0. The zero-order valence-electron chi connectivity index (χ0n) is 12.2. The summed E-state index contributed by atoms with van der Waals surface area (Å²) in [6, 6.07) is 0.703. The van der Waals surface area contributed by atoms with E-state index >= 15 is 0 Å². The lowest BCUT2D eigenvalue weighted by Crippen LogP contribution is -2.39. The van der Waals surface area contributed by atoms with E-state index in [0.29, 0.717) is 11.1 Å². The van der Waals surface area contributed by atoms with Gasteiger partial charge in [-0.25, -0.2) is 4.98 Å². The van der Waals surface area contributed by atoms with E-state index in [1.807, 2.05) is 0 Å².